The van der Waals surface area contributed by atoms with Gasteiger partial charge in [-0.2, -0.15) is 10.2 Å². The molecule has 0 spiro atoms. The van der Waals surface area contributed by atoms with Crippen molar-refractivity contribution >= 4 is 58.1 Å². The second-order valence-electron chi connectivity index (χ2n) is 5.07. The van der Waals surface area contributed by atoms with Gasteiger partial charge in [-0.15, -0.1) is 0 Å². The molecular weight excluding hydrogens is 382 g/mol. The number of hydrogen-bond acceptors (Lipinski definition) is 4. The van der Waals surface area contributed by atoms with E-state index in [-0.39, 0.29) is 15.7 Å². The van der Waals surface area contributed by atoms with Gasteiger partial charge in [-0.05, 0) is 25.5 Å². The van der Waals surface area contributed by atoms with Crippen LogP contribution in [0, 0.1) is 0 Å². The van der Waals surface area contributed by atoms with Crippen molar-refractivity contribution in [2.75, 3.05) is 6.61 Å². The quantitative estimate of drug-likeness (QED) is 0.158. The second-order valence-corrected chi connectivity index (χ2v) is 7.05. The molecule has 1 aromatic carbocycles. The largest absolute Gasteiger partial charge is 0.463 e. The van der Waals surface area contributed by atoms with Crippen LogP contribution in [-0.2, 0) is 9.53 Å². The molecule has 1 atom stereocenters. The van der Waals surface area contributed by atoms with E-state index in [2.05, 4.69) is 17.2 Å². The summed E-state index contributed by atoms with van der Waals surface area (Å²) in [5.41, 5.74) is 0.195. The molecule has 0 aromatic heterocycles. The Morgan fingerprint density at radius 3 is 2.35 bits per heavy atom. The van der Waals surface area contributed by atoms with Gasteiger partial charge in [0.05, 0.1) is 16.7 Å². The maximum atomic E-state index is 11.9. The normalized spacial score (nSPS) is 14.0. The maximum Gasteiger partial charge on any atom is 0.351 e. The summed E-state index contributed by atoms with van der Waals surface area (Å²) in [6.45, 7) is 3.80. The zero-order valence-electron chi connectivity index (χ0n) is 12.9. The predicted octanol–water partition coefficient (Wildman–Crippen LogP) is 6.81. The van der Waals surface area contributed by atoms with Crippen molar-refractivity contribution in [1.29, 1.82) is 0 Å². The molecule has 0 saturated heterocycles. The molecule has 4 nitrogen and oxygen atoms in total. The minimum Gasteiger partial charge on any atom is -0.463 e. The average molecular weight is 400 g/mol. The van der Waals surface area contributed by atoms with Crippen LogP contribution in [0.2, 0.25) is 15.1 Å². The molecule has 0 aliphatic carbocycles. The lowest BCUT2D eigenvalue weighted by Gasteiger charge is -2.14. The number of nitrogens with zero attached hydrogens (tertiary/aromatic N) is 2. The van der Waals surface area contributed by atoms with Gasteiger partial charge in [0.25, 0.3) is 0 Å². The van der Waals surface area contributed by atoms with E-state index in [9.17, 15) is 4.79 Å². The third-order valence-corrected chi connectivity index (χ3v) is 3.95. The molecule has 0 N–H and O–H groups in total. The molecule has 0 fully saturated rings. The highest BCUT2D eigenvalue weighted by Crippen LogP contribution is 2.37. The van der Waals surface area contributed by atoms with Gasteiger partial charge in [-0.25, -0.2) is 4.79 Å². The smallest absolute Gasteiger partial charge is 0.351 e. The van der Waals surface area contributed by atoms with Crippen molar-refractivity contribution in [3.8, 4) is 0 Å². The fraction of sp³-hybridized carbons (Fsp3) is 0.533. The molecule has 0 aliphatic heterocycles. The number of rotatable bonds is 8. The summed E-state index contributed by atoms with van der Waals surface area (Å²) in [6, 6.07) is 2.95. The highest BCUT2D eigenvalue weighted by atomic mass is 35.5. The summed E-state index contributed by atoms with van der Waals surface area (Å²) in [5.74, 6) is -0.666. The van der Waals surface area contributed by atoms with Crippen LogP contribution >= 0.6 is 46.4 Å². The van der Waals surface area contributed by atoms with Crippen LogP contribution in [0.15, 0.2) is 22.4 Å². The van der Waals surface area contributed by atoms with Crippen LogP contribution in [0.3, 0.4) is 0 Å². The Hall–Kier alpha value is -0.550. The van der Waals surface area contributed by atoms with E-state index in [0.717, 1.165) is 25.7 Å². The zero-order chi connectivity index (χ0) is 17.5. The van der Waals surface area contributed by atoms with Gasteiger partial charge in [-0.1, -0.05) is 72.6 Å². The highest BCUT2D eigenvalue weighted by molar-refractivity contribution is 6.41. The van der Waals surface area contributed by atoms with E-state index in [1.165, 1.54) is 19.1 Å². The summed E-state index contributed by atoms with van der Waals surface area (Å²) in [4.78, 5) is 10.3. The number of alkyl halides is 1. The highest BCUT2D eigenvalue weighted by Gasteiger charge is 2.32. The second kappa shape index (κ2) is 9.67. The fourth-order valence-corrected chi connectivity index (χ4v) is 2.63. The standard InChI is InChI=1S/C15H18Cl4N2O2/c1-3-4-5-6-7-23-14(22)15(2,19)21-20-13-11(17)8-10(16)9-12(13)18/h8-9H,3-7H2,1-2H3. The Bertz CT molecular complexity index is 554. The summed E-state index contributed by atoms with van der Waals surface area (Å²) in [7, 11) is 0. The zero-order valence-corrected chi connectivity index (χ0v) is 15.9. The summed E-state index contributed by atoms with van der Waals surface area (Å²) in [6.07, 6.45) is 4.00. The van der Waals surface area contributed by atoms with Gasteiger partial charge in [0.1, 0.15) is 5.69 Å². The van der Waals surface area contributed by atoms with Gasteiger partial charge in [0, 0.05) is 5.02 Å². The van der Waals surface area contributed by atoms with Crippen LogP contribution in [-0.4, -0.2) is 17.6 Å². The van der Waals surface area contributed by atoms with Crippen molar-refractivity contribution in [2.45, 2.75) is 44.5 Å². The first-order chi connectivity index (χ1) is 10.8. The first-order valence-electron chi connectivity index (χ1n) is 7.21. The molecule has 1 unspecified atom stereocenters. The Kier molecular flexibility index (Phi) is 8.62. The van der Waals surface area contributed by atoms with E-state index in [1.807, 2.05) is 0 Å². The van der Waals surface area contributed by atoms with E-state index in [0.29, 0.717) is 11.6 Å². The number of halogens is 4. The summed E-state index contributed by atoms with van der Waals surface area (Å²) >= 11 is 23.9. The lowest BCUT2D eigenvalue weighted by molar-refractivity contribution is -0.146. The number of carbonyl (C=O) groups is 1. The van der Waals surface area contributed by atoms with Crippen LogP contribution in [0.4, 0.5) is 5.69 Å². The molecule has 1 aromatic rings. The topological polar surface area (TPSA) is 51.0 Å². The van der Waals surface area contributed by atoms with Gasteiger partial charge in [-0.3, -0.25) is 0 Å². The average Bonchev–Trinajstić information content (AvgIpc) is 2.45. The number of carbonyl (C=O) groups excluding carboxylic acids is 1. The van der Waals surface area contributed by atoms with E-state index < -0.39 is 11.0 Å². The molecule has 0 saturated carbocycles. The molecule has 0 amide bonds. The molecule has 8 heteroatoms. The van der Waals surface area contributed by atoms with Crippen LogP contribution in [0.5, 0.6) is 0 Å². The SMILES string of the molecule is CCCCCCOC(=O)C(C)(Cl)N=Nc1c(Cl)cc(Cl)cc1Cl. The Morgan fingerprint density at radius 2 is 1.78 bits per heavy atom. The van der Waals surface area contributed by atoms with E-state index in [1.54, 1.807) is 0 Å². The first kappa shape index (κ1) is 20.5. The lowest BCUT2D eigenvalue weighted by Crippen LogP contribution is -2.28. The van der Waals surface area contributed by atoms with Crippen molar-refractivity contribution in [1.82, 2.24) is 0 Å². The van der Waals surface area contributed by atoms with Crippen LogP contribution in [0.25, 0.3) is 0 Å². The van der Waals surface area contributed by atoms with Crippen LogP contribution < -0.4 is 0 Å². The number of benzene rings is 1. The monoisotopic (exact) mass is 398 g/mol. The number of esters is 1. The maximum absolute atomic E-state index is 11.9. The molecule has 0 heterocycles. The van der Waals surface area contributed by atoms with Crippen molar-refractivity contribution in [2.24, 2.45) is 10.2 Å². The van der Waals surface area contributed by atoms with Crippen molar-refractivity contribution in [3.05, 3.63) is 27.2 Å². The number of hydrogen-bond donors (Lipinski definition) is 0. The summed E-state index contributed by atoms with van der Waals surface area (Å²) in [5, 5.41) is 8.47. The molecule has 23 heavy (non-hydrogen) atoms. The fourth-order valence-electron chi connectivity index (χ4n) is 1.64. The van der Waals surface area contributed by atoms with Crippen molar-refractivity contribution in [3.63, 3.8) is 0 Å². The predicted molar refractivity (Wildman–Crippen MR) is 95.3 cm³/mol. The first-order valence-corrected chi connectivity index (χ1v) is 8.72. The molecule has 0 bridgehead atoms. The van der Waals surface area contributed by atoms with E-state index >= 15 is 0 Å². The van der Waals surface area contributed by atoms with Crippen molar-refractivity contribution < 1.29 is 9.53 Å². The summed E-state index contributed by atoms with van der Waals surface area (Å²) < 4.78 is 5.11. The van der Waals surface area contributed by atoms with Gasteiger partial charge in [0.15, 0.2) is 0 Å². The Labute approximate surface area is 156 Å². The number of unbranched alkanes of at least 4 members (excludes halogenated alkanes) is 3. The molecular formula is C15H18Cl4N2O2. The molecule has 1 rings (SSSR count). The van der Waals surface area contributed by atoms with Gasteiger partial charge in [0.2, 0.25) is 5.00 Å². The minimum absolute atomic E-state index is 0.195. The molecule has 0 aliphatic rings. The number of azo groups is 1. The van der Waals surface area contributed by atoms with E-state index in [4.69, 9.17) is 51.1 Å². The molecule has 128 valence electrons. The van der Waals surface area contributed by atoms with Gasteiger partial charge < -0.3 is 4.74 Å². The number of ether oxygens (including phenoxy) is 1. The lowest BCUT2D eigenvalue weighted by atomic mass is 10.2. The third kappa shape index (κ3) is 6.84. The van der Waals surface area contributed by atoms with Crippen LogP contribution in [0.1, 0.15) is 39.5 Å². The Balaban J connectivity index is 2.68. The molecule has 0 radical (unpaired) electrons. The third-order valence-electron chi connectivity index (χ3n) is 2.92. The Morgan fingerprint density at radius 1 is 1.17 bits per heavy atom. The van der Waals surface area contributed by atoms with Gasteiger partial charge >= 0.3 is 5.97 Å². The minimum atomic E-state index is -1.64.